The third kappa shape index (κ3) is 15.2. The first kappa shape index (κ1) is 37.7. The van der Waals surface area contributed by atoms with E-state index in [1.165, 1.54) is 7.11 Å². The molecule has 1 aromatic carbocycles. The molecule has 0 radical (unpaired) electrons. The Kier molecular flexibility index (Phi) is 16.9. The molecule has 2 N–H and O–H groups in total. The molecule has 3 amide bonds. The largest absolute Gasteiger partial charge is 0.469 e. The summed E-state index contributed by atoms with van der Waals surface area (Å²) in [6.07, 6.45) is -0.183. The van der Waals surface area contributed by atoms with E-state index >= 15 is 0 Å². The van der Waals surface area contributed by atoms with Gasteiger partial charge in [0.15, 0.2) is 0 Å². The van der Waals surface area contributed by atoms with Crippen LogP contribution in [0, 0.1) is 0 Å². The number of carbonyl (C=O) groups is 6. The highest BCUT2D eigenvalue weighted by Gasteiger charge is 2.36. The number of nitrogens with zero attached hydrogens (tertiary/aromatic N) is 1. The fourth-order valence-corrected chi connectivity index (χ4v) is 3.85. The number of benzene rings is 1. The van der Waals surface area contributed by atoms with Gasteiger partial charge in [-0.05, 0) is 58.9 Å². The summed E-state index contributed by atoms with van der Waals surface area (Å²) in [4.78, 5) is 76.4. The summed E-state index contributed by atoms with van der Waals surface area (Å²) >= 11 is 0. The van der Waals surface area contributed by atoms with Crippen LogP contribution in [0.4, 0.5) is 9.59 Å². The van der Waals surface area contributed by atoms with Crippen molar-refractivity contribution in [2.24, 2.45) is 0 Å². The number of hydrogen-bond acceptors (Lipinski definition) is 11. The third-order valence-corrected chi connectivity index (χ3v) is 5.96. The second-order valence-corrected chi connectivity index (χ2v) is 10.6. The quantitative estimate of drug-likeness (QED) is 0.148. The summed E-state index contributed by atoms with van der Waals surface area (Å²) in [7, 11) is 2.30. The number of carbonyl (C=O) groups excluding carboxylic acids is 6. The van der Waals surface area contributed by atoms with Gasteiger partial charge in [-0.3, -0.25) is 14.5 Å². The van der Waals surface area contributed by atoms with E-state index in [0.717, 1.165) is 17.6 Å². The molecule has 0 saturated heterocycles. The van der Waals surface area contributed by atoms with Gasteiger partial charge in [-0.1, -0.05) is 30.3 Å². The topological polar surface area (TPSA) is 176 Å². The van der Waals surface area contributed by atoms with Gasteiger partial charge >= 0.3 is 36.0 Å². The van der Waals surface area contributed by atoms with Crippen molar-refractivity contribution in [3.8, 4) is 0 Å². The highest BCUT2D eigenvalue weighted by atomic mass is 16.6. The predicted molar refractivity (Wildman–Crippen MR) is 157 cm³/mol. The van der Waals surface area contributed by atoms with Gasteiger partial charge in [0.05, 0.1) is 20.8 Å². The lowest BCUT2D eigenvalue weighted by Crippen LogP contribution is -2.56. The van der Waals surface area contributed by atoms with Crippen molar-refractivity contribution < 1.29 is 52.5 Å². The molecule has 0 spiro atoms. The minimum absolute atomic E-state index is 0.0291. The van der Waals surface area contributed by atoms with Gasteiger partial charge in [-0.25, -0.2) is 19.2 Å². The van der Waals surface area contributed by atoms with E-state index in [-0.39, 0.29) is 39.0 Å². The lowest BCUT2D eigenvalue weighted by atomic mass is 10.1. The van der Waals surface area contributed by atoms with Crippen molar-refractivity contribution in [3.05, 3.63) is 35.9 Å². The van der Waals surface area contributed by atoms with Crippen LogP contribution in [-0.4, -0.2) is 92.5 Å². The number of hydrogen-bond donors (Lipinski definition) is 2. The summed E-state index contributed by atoms with van der Waals surface area (Å²) in [6.45, 7) is 6.29. The number of rotatable bonds is 17. The third-order valence-electron chi connectivity index (χ3n) is 5.96. The molecular weight excluding hydrogens is 578 g/mol. The van der Waals surface area contributed by atoms with Crippen molar-refractivity contribution in [1.82, 2.24) is 15.5 Å². The summed E-state index contributed by atoms with van der Waals surface area (Å²) < 4.78 is 25.1. The fourth-order valence-electron chi connectivity index (χ4n) is 3.85. The molecule has 0 saturated carbocycles. The first-order chi connectivity index (χ1) is 20.8. The molecular formula is C30H45N3O11. The Morgan fingerprint density at radius 2 is 1.55 bits per heavy atom. The fraction of sp³-hybridized carbons (Fsp3) is 0.600. The Hall–Kier alpha value is -4.36. The number of unbranched alkanes of at least 4 members (excludes halogenated alkanes) is 1. The average molecular weight is 624 g/mol. The maximum Gasteiger partial charge on any atom is 0.407 e. The Bertz CT molecular complexity index is 1090. The standard InChI is InChI=1S/C30H45N3O11/c1-7-42-25(35)19-33(28(38)32-22(26(36)41-6)16-17-24(34)40-5)23(27(37)44-30(2,3)4)15-11-12-18-31-29(39)43-20-21-13-9-8-10-14-21/h8-10,13-14,22-23H,7,11-12,15-20H2,1-6H3,(H,31,39)(H,32,38)/t22-,23-/m0/s1. The number of nitrogens with one attached hydrogen (secondary N) is 2. The van der Waals surface area contributed by atoms with Gasteiger partial charge < -0.3 is 34.3 Å². The summed E-state index contributed by atoms with van der Waals surface area (Å²) in [6, 6.07) is 5.70. The van der Waals surface area contributed by atoms with Crippen LogP contribution < -0.4 is 10.6 Å². The zero-order chi connectivity index (χ0) is 33.1. The molecule has 0 aliphatic heterocycles. The van der Waals surface area contributed by atoms with Gasteiger partial charge in [0, 0.05) is 13.0 Å². The van der Waals surface area contributed by atoms with E-state index in [1.807, 2.05) is 30.3 Å². The van der Waals surface area contributed by atoms with Gasteiger partial charge in [-0.2, -0.15) is 0 Å². The van der Waals surface area contributed by atoms with Crippen LogP contribution >= 0.6 is 0 Å². The molecule has 14 nitrogen and oxygen atoms in total. The number of alkyl carbamates (subject to hydrolysis) is 1. The maximum absolute atomic E-state index is 13.5. The summed E-state index contributed by atoms with van der Waals surface area (Å²) in [5.74, 6) is -3.02. The Morgan fingerprint density at radius 3 is 2.14 bits per heavy atom. The normalized spacial score (nSPS) is 12.1. The van der Waals surface area contributed by atoms with Crippen molar-refractivity contribution in [2.75, 3.05) is 33.9 Å². The highest BCUT2D eigenvalue weighted by molar-refractivity contribution is 5.90. The first-order valence-electron chi connectivity index (χ1n) is 14.4. The van der Waals surface area contributed by atoms with Gasteiger partial charge in [0.2, 0.25) is 0 Å². The lowest BCUT2D eigenvalue weighted by molar-refractivity contribution is -0.161. The number of urea groups is 1. The SMILES string of the molecule is CCOC(=O)CN(C(=O)N[C@@H](CCC(=O)OC)C(=O)OC)[C@@H](CCCCNC(=O)OCc1ccccc1)C(=O)OC(C)(C)C. The van der Waals surface area contributed by atoms with Crippen LogP contribution in [0.1, 0.15) is 65.4 Å². The Morgan fingerprint density at radius 1 is 0.864 bits per heavy atom. The number of esters is 4. The van der Waals surface area contributed by atoms with Crippen LogP contribution in [0.3, 0.4) is 0 Å². The average Bonchev–Trinajstić information content (AvgIpc) is 2.98. The summed E-state index contributed by atoms with van der Waals surface area (Å²) in [5.41, 5.74) is -0.0804. The van der Waals surface area contributed by atoms with Gasteiger partial charge in [0.1, 0.15) is 30.8 Å². The molecule has 44 heavy (non-hydrogen) atoms. The molecule has 0 aliphatic rings. The monoisotopic (exact) mass is 623 g/mol. The molecule has 2 atom stereocenters. The van der Waals surface area contributed by atoms with Crippen molar-refractivity contribution >= 4 is 36.0 Å². The zero-order valence-corrected chi connectivity index (χ0v) is 26.3. The second-order valence-electron chi connectivity index (χ2n) is 10.6. The molecule has 0 heterocycles. The molecule has 1 aromatic rings. The van der Waals surface area contributed by atoms with Crippen LogP contribution in [-0.2, 0) is 49.5 Å². The predicted octanol–water partition coefficient (Wildman–Crippen LogP) is 2.86. The lowest BCUT2D eigenvalue weighted by Gasteiger charge is -2.33. The van der Waals surface area contributed by atoms with Gasteiger partial charge in [0.25, 0.3) is 0 Å². The smallest absolute Gasteiger partial charge is 0.407 e. The van der Waals surface area contributed by atoms with Crippen molar-refractivity contribution in [3.63, 3.8) is 0 Å². The van der Waals surface area contributed by atoms with E-state index in [9.17, 15) is 28.8 Å². The van der Waals surface area contributed by atoms with E-state index in [0.29, 0.717) is 12.8 Å². The van der Waals surface area contributed by atoms with E-state index in [2.05, 4.69) is 15.4 Å². The molecule has 0 bridgehead atoms. The minimum Gasteiger partial charge on any atom is -0.469 e. The zero-order valence-electron chi connectivity index (χ0n) is 26.3. The van der Waals surface area contributed by atoms with E-state index < -0.39 is 60.2 Å². The molecule has 0 unspecified atom stereocenters. The maximum atomic E-state index is 13.5. The van der Waals surface area contributed by atoms with Crippen LogP contribution in [0.25, 0.3) is 0 Å². The van der Waals surface area contributed by atoms with Gasteiger partial charge in [-0.15, -0.1) is 0 Å². The minimum atomic E-state index is -1.28. The molecule has 14 heteroatoms. The summed E-state index contributed by atoms with van der Waals surface area (Å²) in [5, 5.41) is 5.09. The number of amides is 3. The molecule has 246 valence electrons. The Labute approximate surface area is 258 Å². The second kappa shape index (κ2) is 19.8. The Balaban J connectivity index is 3.03. The van der Waals surface area contributed by atoms with Crippen molar-refractivity contribution in [1.29, 1.82) is 0 Å². The van der Waals surface area contributed by atoms with Crippen molar-refractivity contribution in [2.45, 2.75) is 84.1 Å². The molecule has 0 fully saturated rings. The number of methoxy groups -OCH3 is 2. The van der Waals surface area contributed by atoms with E-state index in [4.69, 9.17) is 18.9 Å². The van der Waals surface area contributed by atoms with Crippen LogP contribution in [0.2, 0.25) is 0 Å². The first-order valence-corrected chi connectivity index (χ1v) is 14.4. The number of ether oxygens (including phenoxy) is 5. The van der Waals surface area contributed by atoms with Crippen LogP contribution in [0.15, 0.2) is 30.3 Å². The highest BCUT2D eigenvalue weighted by Crippen LogP contribution is 2.17. The molecule has 0 aromatic heterocycles. The van der Waals surface area contributed by atoms with Crippen LogP contribution in [0.5, 0.6) is 0 Å². The molecule has 1 rings (SSSR count). The molecule has 0 aliphatic carbocycles. The van der Waals surface area contributed by atoms with E-state index in [1.54, 1.807) is 27.7 Å².